The van der Waals surface area contributed by atoms with Crippen LogP contribution in [0.4, 0.5) is 0 Å². The van der Waals surface area contributed by atoms with Crippen molar-refractivity contribution in [3.63, 3.8) is 0 Å². The van der Waals surface area contributed by atoms with Gasteiger partial charge in [0.1, 0.15) is 0 Å². The van der Waals surface area contributed by atoms with Gasteiger partial charge in [-0.3, -0.25) is 4.72 Å². The van der Waals surface area contributed by atoms with Gasteiger partial charge in [0.2, 0.25) is 0 Å². The molecule has 0 amide bonds. The molecule has 0 saturated carbocycles. The average molecular weight is 323 g/mol. The van der Waals surface area contributed by atoms with Gasteiger partial charge in [-0.1, -0.05) is 29.8 Å². The second-order valence-electron chi connectivity index (χ2n) is 5.94. The molecule has 0 bridgehead atoms. The molecule has 1 aliphatic heterocycles. The Kier molecular flexibility index (Phi) is 3.67. The van der Waals surface area contributed by atoms with E-state index in [1.807, 2.05) is 12.1 Å². The zero-order chi connectivity index (χ0) is 15.8. The molecule has 1 aromatic heterocycles. The first kappa shape index (κ1) is 14.5. The fourth-order valence-corrected chi connectivity index (χ4v) is 4.01. The van der Waals surface area contributed by atoms with Crippen LogP contribution in [0.5, 0.6) is 0 Å². The van der Waals surface area contributed by atoms with Gasteiger partial charge in [-0.05, 0) is 49.1 Å². The average Bonchev–Trinajstić information content (AvgIpc) is 2.76. The van der Waals surface area contributed by atoms with Crippen LogP contribution in [0.3, 0.4) is 0 Å². The molecule has 2 N–H and O–H groups in total. The summed E-state index contributed by atoms with van der Waals surface area (Å²) in [5.74, 6) is 0.214. The maximum atomic E-state index is 12.0. The highest BCUT2D eigenvalue weighted by molar-refractivity contribution is 7.97. The SMILES string of the molecule is Cc1ccc2nc(=O)[nH]c(C3CNSc4ccccc4C3)c2c1. The predicted octanol–water partition coefficient (Wildman–Crippen LogP) is 3.17. The minimum Gasteiger partial charge on any atom is -0.309 e. The van der Waals surface area contributed by atoms with E-state index in [-0.39, 0.29) is 11.6 Å². The predicted molar refractivity (Wildman–Crippen MR) is 93.8 cm³/mol. The second kappa shape index (κ2) is 5.83. The normalized spacial score (nSPS) is 17.7. The van der Waals surface area contributed by atoms with Gasteiger partial charge in [-0.25, -0.2) is 4.79 Å². The Balaban J connectivity index is 1.85. The molecule has 0 saturated heterocycles. The smallest absolute Gasteiger partial charge is 0.309 e. The van der Waals surface area contributed by atoms with E-state index in [2.05, 4.69) is 51.9 Å². The monoisotopic (exact) mass is 323 g/mol. The van der Waals surface area contributed by atoms with Gasteiger partial charge in [0.25, 0.3) is 0 Å². The van der Waals surface area contributed by atoms with Crippen LogP contribution in [0.25, 0.3) is 10.9 Å². The Labute approximate surface area is 138 Å². The highest BCUT2D eigenvalue weighted by Gasteiger charge is 2.21. The molecule has 0 aliphatic carbocycles. The molecule has 3 aromatic rings. The van der Waals surface area contributed by atoms with Crippen LogP contribution in [0.2, 0.25) is 0 Å². The third-order valence-electron chi connectivity index (χ3n) is 4.26. The molecule has 0 radical (unpaired) electrons. The van der Waals surface area contributed by atoms with Crippen LogP contribution in [0, 0.1) is 6.92 Å². The minimum atomic E-state index is -0.276. The Hall–Kier alpha value is -2.11. The van der Waals surface area contributed by atoms with Crippen molar-refractivity contribution in [1.29, 1.82) is 0 Å². The lowest BCUT2D eigenvalue weighted by atomic mass is 9.93. The van der Waals surface area contributed by atoms with Gasteiger partial charge in [0.05, 0.1) is 5.52 Å². The number of nitrogens with zero attached hydrogens (tertiary/aromatic N) is 1. The zero-order valence-electron chi connectivity index (χ0n) is 12.8. The second-order valence-corrected chi connectivity index (χ2v) is 6.87. The molecule has 4 rings (SSSR count). The topological polar surface area (TPSA) is 57.8 Å². The van der Waals surface area contributed by atoms with Crippen molar-refractivity contribution in [3.8, 4) is 0 Å². The molecule has 5 heteroatoms. The fourth-order valence-electron chi connectivity index (χ4n) is 3.14. The number of fused-ring (bicyclic) bond motifs is 2. The summed E-state index contributed by atoms with van der Waals surface area (Å²) in [5.41, 5.74) is 3.95. The number of H-pyrrole nitrogens is 1. The van der Waals surface area contributed by atoms with Gasteiger partial charge >= 0.3 is 5.69 Å². The minimum absolute atomic E-state index is 0.214. The van der Waals surface area contributed by atoms with Crippen molar-refractivity contribution in [3.05, 3.63) is 69.8 Å². The number of aryl methyl sites for hydroxylation is 1. The first-order valence-corrected chi connectivity index (χ1v) is 8.50. The van der Waals surface area contributed by atoms with Crippen molar-refractivity contribution in [2.75, 3.05) is 6.54 Å². The maximum Gasteiger partial charge on any atom is 0.345 e. The molecule has 1 unspecified atom stereocenters. The summed E-state index contributed by atoms with van der Waals surface area (Å²) in [6.07, 6.45) is 0.902. The summed E-state index contributed by atoms with van der Waals surface area (Å²) in [6.45, 7) is 2.87. The molecule has 116 valence electrons. The third-order valence-corrected chi connectivity index (χ3v) is 5.19. The van der Waals surface area contributed by atoms with Crippen LogP contribution in [0.1, 0.15) is 22.7 Å². The van der Waals surface area contributed by atoms with Crippen molar-refractivity contribution < 1.29 is 0 Å². The molecule has 2 heterocycles. The highest BCUT2D eigenvalue weighted by Crippen LogP contribution is 2.32. The number of rotatable bonds is 1. The number of benzene rings is 2. The van der Waals surface area contributed by atoms with Crippen LogP contribution < -0.4 is 10.4 Å². The largest absolute Gasteiger partial charge is 0.345 e. The molecule has 4 nitrogen and oxygen atoms in total. The van der Waals surface area contributed by atoms with Crippen LogP contribution in [-0.4, -0.2) is 16.5 Å². The Morgan fingerprint density at radius 1 is 1.22 bits per heavy atom. The summed E-state index contributed by atoms with van der Waals surface area (Å²) in [5, 5.41) is 1.04. The number of nitrogens with one attached hydrogen (secondary N) is 2. The van der Waals surface area contributed by atoms with Crippen molar-refractivity contribution in [2.24, 2.45) is 0 Å². The zero-order valence-corrected chi connectivity index (χ0v) is 13.6. The lowest BCUT2D eigenvalue weighted by Gasteiger charge is -2.17. The Bertz CT molecular complexity index is 935. The maximum absolute atomic E-state index is 12.0. The van der Waals surface area contributed by atoms with Crippen LogP contribution in [-0.2, 0) is 6.42 Å². The molecule has 1 atom stereocenters. The molecule has 23 heavy (non-hydrogen) atoms. The third kappa shape index (κ3) is 2.78. The van der Waals surface area contributed by atoms with Crippen molar-refractivity contribution in [2.45, 2.75) is 24.2 Å². The number of hydrogen-bond acceptors (Lipinski definition) is 4. The van der Waals surface area contributed by atoms with Crippen molar-refractivity contribution in [1.82, 2.24) is 14.7 Å². The first-order chi connectivity index (χ1) is 11.2. The molecule has 0 spiro atoms. The standard InChI is InChI=1S/C18H17N3OS/c1-11-6-7-15-14(8-11)17(21-18(22)20-15)13-9-12-4-2-3-5-16(12)23-19-10-13/h2-8,13,19H,9-10H2,1H3,(H,20,21,22). The number of aromatic amines is 1. The number of hydrogen-bond donors (Lipinski definition) is 2. The summed E-state index contributed by atoms with van der Waals surface area (Å²) >= 11 is 1.66. The Morgan fingerprint density at radius 2 is 2.09 bits per heavy atom. The molecular weight excluding hydrogens is 306 g/mol. The lowest BCUT2D eigenvalue weighted by Crippen LogP contribution is -2.21. The van der Waals surface area contributed by atoms with E-state index in [0.717, 1.165) is 29.6 Å². The summed E-state index contributed by atoms with van der Waals surface area (Å²) < 4.78 is 3.43. The lowest BCUT2D eigenvalue weighted by molar-refractivity contribution is 0.657. The van der Waals surface area contributed by atoms with Gasteiger partial charge in [0.15, 0.2) is 0 Å². The molecular formula is C18H17N3OS. The molecule has 2 aromatic carbocycles. The van der Waals surface area contributed by atoms with E-state index in [1.165, 1.54) is 16.0 Å². The van der Waals surface area contributed by atoms with E-state index in [4.69, 9.17) is 0 Å². The quantitative estimate of drug-likeness (QED) is 0.675. The van der Waals surface area contributed by atoms with Crippen LogP contribution >= 0.6 is 11.9 Å². The number of aromatic nitrogens is 2. The summed E-state index contributed by atoms with van der Waals surface area (Å²) in [6, 6.07) is 14.4. The fraction of sp³-hybridized carbons (Fsp3) is 0.222. The first-order valence-electron chi connectivity index (χ1n) is 7.69. The Morgan fingerprint density at radius 3 is 3.00 bits per heavy atom. The summed E-state index contributed by atoms with van der Waals surface area (Å²) in [7, 11) is 0. The summed E-state index contributed by atoms with van der Waals surface area (Å²) in [4.78, 5) is 20.3. The van der Waals surface area contributed by atoms with E-state index >= 15 is 0 Å². The van der Waals surface area contributed by atoms with Gasteiger partial charge in [-0.15, -0.1) is 0 Å². The van der Waals surface area contributed by atoms with E-state index in [1.54, 1.807) is 11.9 Å². The molecule has 0 fully saturated rings. The van der Waals surface area contributed by atoms with Gasteiger partial charge < -0.3 is 4.98 Å². The van der Waals surface area contributed by atoms with Gasteiger partial charge in [-0.2, -0.15) is 4.98 Å². The highest BCUT2D eigenvalue weighted by atomic mass is 32.2. The van der Waals surface area contributed by atoms with E-state index in [0.29, 0.717) is 0 Å². The van der Waals surface area contributed by atoms with Gasteiger partial charge in [0, 0.05) is 28.4 Å². The van der Waals surface area contributed by atoms with Crippen LogP contribution in [0.15, 0.2) is 52.2 Å². The van der Waals surface area contributed by atoms with E-state index in [9.17, 15) is 4.79 Å². The van der Waals surface area contributed by atoms with E-state index < -0.39 is 0 Å². The van der Waals surface area contributed by atoms with Crippen molar-refractivity contribution >= 4 is 22.9 Å². The molecule has 1 aliphatic rings.